The molecule has 0 aromatic carbocycles. The number of nitrogens with one attached hydrogen (secondary N) is 1. The zero-order chi connectivity index (χ0) is 7.72. The first kappa shape index (κ1) is 7.33. The Morgan fingerprint density at radius 1 is 1.70 bits per heavy atom. The molecule has 0 saturated heterocycles. The monoisotopic (exact) mass is 206 g/mol. The summed E-state index contributed by atoms with van der Waals surface area (Å²) in [6.45, 7) is 0. The van der Waals surface area contributed by atoms with E-state index in [1.807, 2.05) is 0 Å². The highest BCUT2D eigenvalue weighted by atomic mass is 79.9. The number of hydrogen-bond acceptors (Lipinski definition) is 3. The van der Waals surface area contributed by atoms with Crippen LogP contribution in [-0.2, 0) is 0 Å². The standard InChI is InChI=1S/C4H7BrN4O/c1-8(2)9-3(5)4(6)10-7-9/h6H,1-2H3. The van der Waals surface area contributed by atoms with Crippen molar-refractivity contribution in [3.63, 3.8) is 0 Å². The zero-order valence-electron chi connectivity index (χ0n) is 5.63. The predicted octanol–water partition coefficient (Wildman–Crippen LogP) is 0.606. The molecule has 0 spiro atoms. The topological polar surface area (TPSA) is 57.0 Å². The van der Waals surface area contributed by atoms with Gasteiger partial charge in [-0.2, -0.15) is 5.01 Å². The van der Waals surface area contributed by atoms with Gasteiger partial charge in [0.15, 0.2) is 0 Å². The highest BCUT2D eigenvalue weighted by Crippen LogP contribution is 2.17. The van der Waals surface area contributed by atoms with Gasteiger partial charge in [-0.15, -0.1) is 0 Å². The van der Waals surface area contributed by atoms with Crippen LogP contribution in [0.1, 0.15) is 0 Å². The van der Waals surface area contributed by atoms with E-state index in [2.05, 4.69) is 25.7 Å². The van der Waals surface area contributed by atoms with Gasteiger partial charge in [0, 0.05) is 15.9 Å². The zero-order valence-corrected chi connectivity index (χ0v) is 7.21. The molecule has 1 aromatic rings. The van der Waals surface area contributed by atoms with E-state index in [4.69, 9.17) is 5.73 Å². The number of aromatic nitrogens is 2. The summed E-state index contributed by atoms with van der Waals surface area (Å²) >= 11 is 3.13. The minimum Gasteiger partial charge on any atom is -0.659 e. The second kappa shape index (κ2) is 2.45. The quantitative estimate of drug-likeness (QED) is 0.633. The molecule has 56 valence electrons. The van der Waals surface area contributed by atoms with Crippen molar-refractivity contribution >= 4 is 21.8 Å². The van der Waals surface area contributed by atoms with Crippen molar-refractivity contribution in [1.29, 1.82) is 0 Å². The second-order valence-corrected chi connectivity index (χ2v) is 2.68. The number of nitrogens with zero attached hydrogens (tertiary/aromatic N) is 3. The molecule has 10 heavy (non-hydrogen) atoms. The van der Waals surface area contributed by atoms with Crippen LogP contribution in [0.2, 0.25) is 0 Å². The third kappa shape index (κ3) is 1.06. The predicted molar refractivity (Wildman–Crippen MR) is 38.4 cm³/mol. The Morgan fingerprint density at radius 2 is 2.30 bits per heavy atom. The molecule has 1 rings (SSSR count). The van der Waals surface area contributed by atoms with Gasteiger partial charge < -0.3 is 10.3 Å². The van der Waals surface area contributed by atoms with E-state index in [0.29, 0.717) is 4.60 Å². The number of hydrogen-bond donors (Lipinski definition) is 0. The van der Waals surface area contributed by atoms with Crippen LogP contribution < -0.4 is 9.80 Å². The Morgan fingerprint density at radius 3 is 2.50 bits per heavy atom. The van der Waals surface area contributed by atoms with Gasteiger partial charge in [0.1, 0.15) is 5.88 Å². The third-order valence-electron chi connectivity index (χ3n) is 0.951. The van der Waals surface area contributed by atoms with Gasteiger partial charge in [-0.05, 0) is 0 Å². The van der Waals surface area contributed by atoms with Gasteiger partial charge >= 0.3 is 4.60 Å². The second-order valence-electron chi connectivity index (χ2n) is 1.93. The molecule has 0 aliphatic rings. The van der Waals surface area contributed by atoms with Gasteiger partial charge in [0.25, 0.3) is 0 Å². The van der Waals surface area contributed by atoms with E-state index in [-0.39, 0.29) is 5.88 Å². The van der Waals surface area contributed by atoms with Crippen LogP contribution in [0.15, 0.2) is 9.13 Å². The lowest BCUT2D eigenvalue weighted by molar-refractivity contribution is -0.762. The van der Waals surface area contributed by atoms with Crippen molar-refractivity contribution in [1.82, 2.24) is 5.27 Å². The smallest absolute Gasteiger partial charge is 0.332 e. The fourth-order valence-electron chi connectivity index (χ4n) is 0.492. The molecule has 0 aliphatic heterocycles. The molecule has 0 unspecified atom stereocenters. The maximum absolute atomic E-state index is 7.11. The molecule has 5 nitrogen and oxygen atoms in total. The number of halogens is 1. The lowest BCUT2D eigenvalue weighted by Gasteiger charge is -1.96. The largest absolute Gasteiger partial charge is 0.659 e. The van der Waals surface area contributed by atoms with Gasteiger partial charge in [-0.25, -0.2) is 0 Å². The van der Waals surface area contributed by atoms with Gasteiger partial charge in [-0.1, -0.05) is 0 Å². The summed E-state index contributed by atoms with van der Waals surface area (Å²) in [6, 6.07) is 0. The Bertz CT molecular complexity index is 233. The molecule has 0 saturated carbocycles. The average Bonchev–Trinajstić information content (AvgIpc) is 2.14. The molecular formula is C4H7BrN4O. The summed E-state index contributed by atoms with van der Waals surface area (Å²) < 4.78 is 5.06. The van der Waals surface area contributed by atoms with E-state index in [9.17, 15) is 0 Å². The van der Waals surface area contributed by atoms with Crippen LogP contribution >= 0.6 is 15.9 Å². The molecule has 0 amide bonds. The van der Waals surface area contributed by atoms with E-state index >= 15 is 0 Å². The fraction of sp³-hybridized carbons (Fsp3) is 0.500. The van der Waals surface area contributed by atoms with Crippen LogP contribution in [0, 0.1) is 0 Å². The first-order valence-electron chi connectivity index (χ1n) is 2.59. The Hall–Kier alpha value is -0.780. The lowest BCUT2D eigenvalue weighted by atomic mass is 10.8. The maximum atomic E-state index is 7.11. The molecule has 1 aromatic heterocycles. The summed E-state index contributed by atoms with van der Waals surface area (Å²) in [5, 5.41) is 5.23. The Labute approximate surface area is 66.5 Å². The third-order valence-corrected chi connectivity index (χ3v) is 1.63. The first-order valence-corrected chi connectivity index (χ1v) is 3.39. The minimum absolute atomic E-state index is 0.0219. The minimum atomic E-state index is 0.0219. The van der Waals surface area contributed by atoms with Crippen LogP contribution in [0.4, 0.5) is 5.88 Å². The summed E-state index contributed by atoms with van der Waals surface area (Å²) in [5.41, 5.74) is 7.11. The van der Waals surface area contributed by atoms with Gasteiger partial charge in [0.2, 0.25) is 5.27 Å². The van der Waals surface area contributed by atoms with Crippen molar-refractivity contribution in [2.24, 2.45) is 0 Å². The van der Waals surface area contributed by atoms with Gasteiger partial charge in [0.05, 0.1) is 18.9 Å². The summed E-state index contributed by atoms with van der Waals surface area (Å²) in [6.07, 6.45) is 0. The first-order chi connectivity index (χ1) is 4.63. The van der Waals surface area contributed by atoms with E-state index in [1.54, 1.807) is 19.1 Å². The lowest BCUT2D eigenvalue weighted by Crippen LogP contribution is -2.54. The average molecular weight is 207 g/mol. The van der Waals surface area contributed by atoms with Crippen molar-refractivity contribution in [2.45, 2.75) is 0 Å². The molecule has 1 heterocycles. The molecule has 0 bridgehead atoms. The normalized spacial score (nSPS) is 9.90. The molecule has 1 N–H and O–H groups in total. The molecule has 6 heteroatoms. The molecular weight excluding hydrogens is 200 g/mol. The van der Waals surface area contributed by atoms with Crippen molar-refractivity contribution in [3.05, 3.63) is 10.3 Å². The SMILES string of the molecule is CN(C)[n+]1noc([NH-])c1Br. The molecule has 0 aliphatic carbocycles. The number of rotatable bonds is 1. The van der Waals surface area contributed by atoms with Crippen LogP contribution in [0.5, 0.6) is 0 Å². The van der Waals surface area contributed by atoms with Crippen LogP contribution in [0.3, 0.4) is 0 Å². The highest BCUT2D eigenvalue weighted by molar-refractivity contribution is 9.10. The Balaban J connectivity index is 3.05. The summed E-state index contributed by atoms with van der Waals surface area (Å²) in [4.78, 5) is 1.43. The van der Waals surface area contributed by atoms with Crippen molar-refractivity contribution < 1.29 is 9.31 Å². The summed E-state index contributed by atoms with van der Waals surface area (Å²) in [7, 11) is 3.60. The van der Waals surface area contributed by atoms with E-state index < -0.39 is 0 Å². The molecule has 0 fully saturated rings. The van der Waals surface area contributed by atoms with E-state index in [0.717, 1.165) is 0 Å². The summed E-state index contributed by atoms with van der Waals surface area (Å²) in [5.74, 6) is 0.0219. The molecule has 0 radical (unpaired) electrons. The van der Waals surface area contributed by atoms with Crippen molar-refractivity contribution in [3.8, 4) is 0 Å². The molecule has 0 atom stereocenters. The van der Waals surface area contributed by atoms with Crippen LogP contribution in [0.25, 0.3) is 5.73 Å². The highest BCUT2D eigenvalue weighted by Gasteiger charge is 2.16. The Kier molecular flexibility index (Phi) is 1.80. The van der Waals surface area contributed by atoms with E-state index in [1.165, 1.54) is 4.79 Å². The maximum Gasteiger partial charge on any atom is 0.332 e. The van der Waals surface area contributed by atoms with Crippen molar-refractivity contribution in [2.75, 3.05) is 19.1 Å². The fourth-order valence-corrected chi connectivity index (χ4v) is 0.947. The van der Waals surface area contributed by atoms with Crippen LogP contribution in [-0.4, -0.2) is 19.4 Å². The van der Waals surface area contributed by atoms with Gasteiger partial charge in [-0.3, -0.25) is 0 Å².